The van der Waals surface area contributed by atoms with Crippen LogP contribution < -0.4 is 11.3 Å². The Balaban J connectivity index is 2.77. The minimum absolute atomic E-state index is 0.0910. The molecule has 0 unspecified atom stereocenters. The van der Waals surface area contributed by atoms with Crippen LogP contribution in [0.25, 0.3) is 11.0 Å². The lowest BCUT2D eigenvalue weighted by Gasteiger charge is -2.04. The van der Waals surface area contributed by atoms with E-state index in [0.29, 0.717) is 12.0 Å². The van der Waals surface area contributed by atoms with Crippen molar-refractivity contribution in [1.82, 2.24) is 0 Å². The van der Waals surface area contributed by atoms with Gasteiger partial charge in [-0.2, -0.15) is 0 Å². The Kier molecular flexibility index (Phi) is 2.78. The number of benzene rings is 1. The van der Waals surface area contributed by atoms with Crippen molar-refractivity contribution >= 4 is 16.9 Å². The summed E-state index contributed by atoms with van der Waals surface area (Å²) in [7, 11) is 0. The van der Waals surface area contributed by atoms with Crippen LogP contribution in [0.2, 0.25) is 0 Å². The smallest absolute Gasteiger partial charge is 0.254 e. The number of nitrogens with two attached hydrogens (primary N) is 1. The van der Waals surface area contributed by atoms with Crippen molar-refractivity contribution in [1.29, 1.82) is 5.41 Å². The molecule has 0 aliphatic heterocycles. The molecule has 0 atom stereocenters. The molecule has 4 heteroatoms. The summed E-state index contributed by atoms with van der Waals surface area (Å²) in [4.78, 5) is 11.1. The van der Waals surface area contributed by atoms with Crippen LogP contribution in [-0.2, 0) is 6.42 Å². The highest BCUT2D eigenvalue weighted by molar-refractivity contribution is 5.95. The standard InChI is InChI=1S/C13H12N2O2/c1-2-4-8-5-3-6-9-7-10(12(14)16)13(15)17-11(8)9/h2-3,5-7,15H,1,4H2,(H2,14,16). The van der Waals surface area contributed by atoms with E-state index < -0.39 is 5.91 Å². The van der Waals surface area contributed by atoms with Crippen LogP contribution in [0.15, 0.2) is 41.3 Å². The lowest BCUT2D eigenvalue weighted by atomic mass is 10.1. The summed E-state index contributed by atoms with van der Waals surface area (Å²) < 4.78 is 5.36. The zero-order valence-corrected chi connectivity index (χ0v) is 9.19. The van der Waals surface area contributed by atoms with Gasteiger partial charge in [0.1, 0.15) is 11.1 Å². The molecule has 2 aromatic rings. The Morgan fingerprint density at radius 2 is 2.29 bits per heavy atom. The summed E-state index contributed by atoms with van der Waals surface area (Å²) in [5.41, 5.74) is 6.58. The maximum Gasteiger partial charge on any atom is 0.254 e. The van der Waals surface area contributed by atoms with Crippen molar-refractivity contribution in [3.05, 3.63) is 53.6 Å². The number of hydrogen-bond acceptors (Lipinski definition) is 3. The topological polar surface area (TPSA) is 80.1 Å². The predicted octanol–water partition coefficient (Wildman–Crippen LogP) is 1.74. The number of amides is 1. The van der Waals surface area contributed by atoms with Gasteiger partial charge in [-0.05, 0) is 18.1 Å². The van der Waals surface area contributed by atoms with E-state index in [1.54, 1.807) is 12.1 Å². The molecule has 0 bridgehead atoms. The molecule has 0 saturated heterocycles. The van der Waals surface area contributed by atoms with Gasteiger partial charge in [-0.3, -0.25) is 10.2 Å². The fourth-order valence-electron chi connectivity index (χ4n) is 1.72. The van der Waals surface area contributed by atoms with Crippen molar-refractivity contribution in [2.45, 2.75) is 6.42 Å². The van der Waals surface area contributed by atoms with Gasteiger partial charge >= 0.3 is 0 Å². The molecular formula is C13H12N2O2. The van der Waals surface area contributed by atoms with E-state index >= 15 is 0 Å². The number of fused-ring (bicyclic) bond motifs is 1. The molecule has 1 aromatic carbocycles. The number of primary amides is 1. The Bertz CT molecular complexity index is 656. The Hall–Kier alpha value is -2.36. The van der Waals surface area contributed by atoms with Gasteiger partial charge in [-0.15, -0.1) is 6.58 Å². The fourth-order valence-corrected chi connectivity index (χ4v) is 1.72. The number of nitrogens with one attached hydrogen (secondary N) is 1. The Morgan fingerprint density at radius 1 is 1.53 bits per heavy atom. The third kappa shape index (κ3) is 1.97. The van der Waals surface area contributed by atoms with Gasteiger partial charge in [0.2, 0.25) is 5.55 Å². The Morgan fingerprint density at radius 3 is 2.94 bits per heavy atom. The molecule has 3 N–H and O–H groups in total. The highest BCUT2D eigenvalue weighted by Crippen LogP contribution is 2.18. The van der Waals surface area contributed by atoms with Gasteiger partial charge in [0.25, 0.3) is 5.91 Å². The molecule has 4 nitrogen and oxygen atoms in total. The number of carbonyl (C=O) groups is 1. The van der Waals surface area contributed by atoms with E-state index in [1.807, 2.05) is 18.2 Å². The first-order chi connectivity index (χ1) is 8.13. The van der Waals surface area contributed by atoms with E-state index in [0.717, 1.165) is 10.9 Å². The summed E-state index contributed by atoms with van der Waals surface area (Å²) >= 11 is 0. The minimum atomic E-state index is -0.658. The molecule has 0 spiro atoms. The normalized spacial score (nSPS) is 10.4. The van der Waals surface area contributed by atoms with Crippen LogP contribution in [0.3, 0.4) is 0 Å². The highest BCUT2D eigenvalue weighted by Gasteiger charge is 2.09. The van der Waals surface area contributed by atoms with Gasteiger partial charge in [0.05, 0.1) is 0 Å². The average Bonchev–Trinajstić information content (AvgIpc) is 2.29. The maximum atomic E-state index is 11.1. The molecule has 1 amide bonds. The van der Waals surface area contributed by atoms with Crippen LogP contribution in [0.5, 0.6) is 0 Å². The SMILES string of the molecule is C=CCc1cccc2cc(C(N)=O)c(=N)oc12. The van der Waals surface area contributed by atoms with Crippen molar-refractivity contribution in [2.24, 2.45) is 5.73 Å². The summed E-state index contributed by atoms with van der Waals surface area (Å²) in [6, 6.07) is 7.16. The van der Waals surface area contributed by atoms with Gasteiger partial charge in [-0.25, -0.2) is 0 Å². The predicted molar refractivity (Wildman–Crippen MR) is 64.5 cm³/mol. The third-order valence-corrected chi connectivity index (χ3v) is 2.51. The molecule has 1 aromatic heterocycles. The first kappa shape index (κ1) is 11.1. The second kappa shape index (κ2) is 4.25. The molecule has 86 valence electrons. The number of para-hydroxylation sites is 1. The lowest BCUT2D eigenvalue weighted by molar-refractivity contribution is 0.0996. The van der Waals surface area contributed by atoms with Gasteiger partial charge in [-0.1, -0.05) is 24.3 Å². The molecule has 17 heavy (non-hydrogen) atoms. The van der Waals surface area contributed by atoms with Gasteiger partial charge < -0.3 is 10.2 Å². The van der Waals surface area contributed by atoms with E-state index in [4.69, 9.17) is 15.6 Å². The quantitative estimate of drug-likeness (QED) is 0.784. The molecule has 0 radical (unpaired) electrons. The molecule has 2 rings (SSSR count). The molecule has 0 saturated carbocycles. The van der Waals surface area contributed by atoms with Crippen LogP contribution in [0.4, 0.5) is 0 Å². The monoisotopic (exact) mass is 228 g/mol. The zero-order chi connectivity index (χ0) is 12.4. The fraction of sp³-hybridized carbons (Fsp3) is 0.0769. The molecule has 0 fully saturated rings. The van der Waals surface area contributed by atoms with E-state index in [-0.39, 0.29) is 11.1 Å². The summed E-state index contributed by atoms with van der Waals surface area (Å²) in [6.45, 7) is 3.67. The first-order valence-corrected chi connectivity index (χ1v) is 5.14. The maximum absolute atomic E-state index is 11.1. The van der Waals surface area contributed by atoms with Crippen molar-refractivity contribution in [3.63, 3.8) is 0 Å². The lowest BCUT2D eigenvalue weighted by Crippen LogP contribution is -2.20. The van der Waals surface area contributed by atoms with Crippen molar-refractivity contribution in [2.75, 3.05) is 0 Å². The zero-order valence-electron chi connectivity index (χ0n) is 9.19. The average molecular weight is 228 g/mol. The van der Waals surface area contributed by atoms with Crippen molar-refractivity contribution < 1.29 is 9.21 Å². The largest absolute Gasteiger partial charge is 0.438 e. The van der Waals surface area contributed by atoms with E-state index in [1.165, 1.54) is 0 Å². The second-order valence-corrected chi connectivity index (χ2v) is 3.68. The number of allylic oxidation sites excluding steroid dienone is 1. The van der Waals surface area contributed by atoms with Crippen LogP contribution >= 0.6 is 0 Å². The molecule has 1 heterocycles. The van der Waals surface area contributed by atoms with Gasteiger partial charge in [0, 0.05) is 5.39 Å². The summed E-state index contributed by atoms with van der Waals surface area (Å²) in [5.74, 6) is -0.658. The van der Waals surface area contributed by atoms with E-state index in [9.17, 15) is 4.79 Å². The number of hydrogen-bond donors (Lipinski definition) is 2. The van der Waals surface area contributed by atoms with Crippen LogP contribution in [-0.4, -0.2) is 5.91 Å². The molecule has 0 aliphatic rings. The second-order valence-electron chi connectivity index (χ2n) is 3.68. The third-order valence-electron chi connectivity index (χ3n) is 2.51. The van der Waals surface area contributed by atoms with Crippen LogP contribution in [0, 0.1) is 5.41 Å². The number of rotatable bonds is 3. The molecule has 0 aliphatic carbocycles. The Labute approximate surface area is 97.9 Å². The van der Waals surface area contributed by atoms with Crippen molar-refractivity contribution in [3.8, 4) is 0 Å². The summed E-state index contributed by atoms with van der Waals surface area (Å²) in [6.07, 6.45) is 2.41. The van der Waals surface area contributed by atoms with Gasteiger partial charge in [0.15, 0.2) is 0 Å². The summed E-state index contributed by atoms with van der Waals surface area (Å²) in [5, 5.41) is 8.38. The minimum Gasteiger partial charge on any atom is -0.438 e. The molecular weight excluding hydrogens is 216 g/mol. The number of carbonyl (C=O) groups excluding carboxylic acids is 1. The van der Waals surface area contributed by atoms with E-state index in [2.05, 4.69) is 6.58 Å². The first-order valence-electron chi connectivity index (χ1n) is 5.14. The van der Waals surface area contributed by atoms with Crippen LogP contribution in [0.1, 0.15) is 15.9 Å². The highest BCUT2D eigenvalue weighted by atomic mass is 16.3.